The molecule has 0 saturated carbocycles. The molecule has 0 amide bonds. The lowest BCUT2D eigenvalue weighted by Crippen LogP contribution is -2.16. The lowest BCUT2D eigenvalue weighted by atomic mass is 10.2. The van der Waals surface area contributed by atoms with Crippen molar-refractivity contribution in [2.45, 2.75) is 11.8 Å². The normalized spacial score (nSPS) is 11.7. The van der Waals surface area contributed by atoms with Crippen molar-refractivity contribution in [1.82, 2.24) is 8.96 Å². The predicted octanol–water partition coefficient (Wildman–Crippen LogP) is 3.05. The monoisotopic (exact) mass is 334 g/mol. The van der Waals surface area contributed by atoms with Crippen LogP contribution in [0.3, 0.4) is 0 Å². The van der Waals surface area contributed by atoms with E-state index in [1.54, 1.807) is 18.2 Å². The Morgan fingerprint density at radius 3 is 2.50 bits per heavy atom. The summed E-state index contributed by atoms with van der Waals surface area (Å²) in [6.45, 7) is 1.86. The van der Waals surface area contributed by atoms with Gasteiger partial charge in [-0.25, -0.2) is 17.4 Å². The van der Waals surface area contributed by atoms with Crippen LogP contribution in [0.4, 0.5) is 0 Å². The van der Waals surface area contributed by atoms with Crippen LogP contribution in [0.1, 0.15) is 16.1 Å². The molecule has 0 aliphatic carbocycles. The quantitative estimate of drug-likeness (QED) is 0.690. The van der Waals surface area contributed by atoms with E-state index in [2.05, 4.69) is 4.98 Å². The van der Waals surface area contributed by atoms with Gasteiger partial charge in [0.25, 0.3) is 10.0 Å². The van der Waals surface area contributed by atoms with Gasteiger partial charge in [-0.2, -0.15) is 0 Å². The van der Waals surface area contributed by atoms with Crippen molar-refractivity contribution in [1.29, 1.82) is 0 Å². The Morgan fingerprint density at radius 2 is 1.86 bits per heavy atom. The van der Waals surface area contributed by atoms with Gasteiger partial charge >= 0.3 is 0 Å². The van der Waals surface area contributed by atoms with E-state index in [-0.39, 0.29) is 16.2 Å². The molecule has 22 heavy (non-hydrogen) atoms. The highest BCUT2D eigenvalue weighted by molar-refractivity contribution is 7.90. The Labute approximate surface area is 132 Å². The third-order valence-electron chi connectivity index (χ3n) is 3.31. The Kier molecular flexibility index (Phi) is 3.50. The maximum Gasteiger partial charge on any atom is 0.270 e. The molecule has 5 nitrogen and oxygen atoms in total. The molecule has 0 aliphatic rings. The van der Waals surface area contributed by atoms with Crippen LogP contribution >= 0.6 is 11.6 Å². The molecule has 2 aromatic heterocycles. The van der Waals surface area contributed by atoms with Crippen molar-refractivity contribution >= 4 is 38.9 Å². The van der Waals surface area contributed by atoms with Gasteiger partial charge in [0.1, 0.15) is 0 Å². The number of hydrogen-bond donors (Lipinski definition) is 0. The molecular weight excluding hydrogens is 324 g/mol. The summed E-state index contributed by atoms with van der Waals surface area (Å²) < 4.78 is 26.6. The first-order chi connectivity index (χ1) is 10.4. The minimum Gasteiger partial charge on any atom is -0.296 e. The molecule has 0 atom stereocenters. The molecule has 0 spiro atoms. The van der Waals surface area contributed by atoms with E-state index in [1.807, 2.05) is 6.92 Å². The van der Waals surface area contributed by atoms with Gasteiger partial charge in [-0.3, -0.25) is 4.79 Å². The lowest BCUT2D eigenvalue weighted by molar-refractivity contribution is 0.111. The Bertz CT molecular complexity index is 976. The van der Waals surface area contributed by atoms with Crippen LogP contribution in [0, 0.1) is 6.92 Å². The predicted molar refractivity (Wildman–Crippen MR) is 83.9 cm³/mol. The Hall–Kier alpha value is -2.18. The molecule has 0 radical (unpaired) electrons. The average Bonchev–Trinajstić information content (AvgIpc) is 2.88. The molecule has 0 aliphatic heterocycles. The fourth-order valence-electron chi connectivity index (χ4n) is 2.21. The lowest BCUT2D eigenvalue weighted by Gasteiger charge is -2.09. The van der Waals surface area contributed by atoms with Crippen LogP contribution in [0.5, 0.6) is 0 Å². The molecule has 1 aromatic carbocycles. The average molecular weight is 335 g/mol. The number of aryl methyl sites for hydroxylation is 1. The van der Waals surface area contributed by atoms with Gasteiger partial charge < -0.3 is 0 Å². The summed E-state index contributed by atoms with van der Waals surface area (Å²) in [5.74, 6) is 0. The molecule has 2 heterocycles. The minimum absolute atomic E-state index is 0.0174. The molecule has 0 unspecified atom stereocenters. The number of benzene rings is 1. The number of aldehydes is 1. The molecule has 0 saturated heterocycles. The minimum atomic E-state index is -3.93. The number of aromatic nitrogens is 2. The summed E-state index contributed by atoms with van der Waals surface area (Å²) >= 11 is 6.05. The van der Waals surface area contributed by atoms with E-state index < -0.39 is 10.0 Å². The number of rotatable bonds is 3. The number of pyridine rings is 1. The van der Waals surface area contributed by atoms with Crippen molar-refractivity contribution in [2.24, 2.45) is 0 Å². The number of carbonyl (C=O) groups excluding carboxylic acids is 1. The van der Waals surface area contributed by atoms with E-state index in [9.17, 15) is 13.2 Å². The Morgan fingerprint density at radius 1 is 1.18 bits per heavy atom. The fourth-order valence-corrected chi connectivity index (χ4v) is 3.85. The van der Waals surface area contributed by atoms with Crippen LogP contribution in [0.25, 0.3) is 11.0 Å². The topological polar surface area (TPSA) is 69.0 Å². The molecule has 7 heteroatoms. The van der Waals surface area contributed by atoms with Gasteiger partial charge in [0.15, 0.2) is 11.9 Å². The Balaban J connectivity index is 2.35. The summed E-state index contributed by atoms with van der Waals surface area (Å²) in [5, 5.41) is 0.757. The summed E-state index contributed by atoms with van der Waals surface area (Å²) in [4.78, 5) is 15.4. The van der Waals surface area contributed by atoms with Gasteiger partial charge in [-0.15, -0.1) is 0 Å². The largest absolute Gasteiger partial charge is 0.296 e. The van der Waals surface area contributed by atoms with E-state index >= 15 is 0 Å². The maximum atomic E-state index is 12.8. The van der Waals surface area contributed by atoms with Gasteiger partial charge in [0.05, 0.1) is 15.6 Å². The number of hydrogen-bond acceptors (Lipinski definition) is 4. The van der Waals surface area contributed by atoms with E-state index in [4.69, 9.17) is 11.6 Å². The summed E-state index contributed by atoms with van der Waals surface area (Å²) in [5.41, 5.74) is 1.06. The number of fused-ring (bicyclic) bond motifs is 1. The van der Waals surface area contributed by atoms with Gasteiger partial charge in [0.2, 0.25) is 0 Å². The molecule has 112 valence electrons. The zero-order valence-corrected chi connectivity index (χ0v) is 13.1. The highest BCUT2D eigenvalue weighted by Crippen LogP contribution is 2.28. The van der Waals surface area contributed by atoms with Crippen LogP contribution in [0.15, 0.2) is 47.5 Å². The summed E-state index contributed by atoms with van der Waals surface area (Å²) in [7, 11) is -3.93. The van der Waals surface area contributed by atoms with Gasteiger partial charge in [-0.1, -0.05) is 29.3 Å². The fraction of sp³-hybridized carbons (Fsp3) is 0.0667. The van der Waals surface area contributed by atoms with E-state index in [0.29, 0.717) is 16.7 Å². The van der Waals surface area contributed by atoms with Crippen LogP contribution < -0.4 is 0 Å². The zero-order valence-electron chi connectivity index (χ0n) is 11.5. The molecule has 3 rings (SSSR count). The van der Waals surface area contributed by atoms with E-state index in [0.717, 1.165) is 9.54 Å². The SMILES string of the molecule is Cc1ccc(S(=O)(=O)n2c(C=O)cc3c(Cl)ccnc32)cc1. The van der Waals surface area contributed by atoms with Crippen molar-refractivity contribution in [3.63, 3.8) is 0 Å². The first-order valence-electron chi connectivity index (χ1n) is 6.38. The smallest absolute Gasteiger partial charge is 0.270 e. The highest BCUT2D eigenvalue weighted by Gasteiger charge is 2.24. The zero-order chi connectivity index (χ0) is 15.9. The first-order valence-corrected chi connectivity index (χ1v) is 8.20. The third-order valence-corrected chi connectivity index (χ3v) is 5.38. The molecule has 0 fully saturated rings. The van der Waals surface area contributed by atoms with Crippen molar-refractivity contribution in [2.75, 3.05) is 0 Å². The van der Waals surface area contributed by atoms with Crippen LogP contribution in [-0.4, -0.2) is 23.7 Å². The highest BCUT2D eigenvalue weighted by atomic mass is 35.5. The second-order valence-corrected chi connectivity index (χ2v) is 6.99. The second-order valence-electron chi connectivity index (χ2n) is 4.80. The van der Waals surface area contributed by atoms with E-state index in [1.165, 1.54) is 24.4 Å². The van der Waals surface area contributed by atoms with Crippen molar-refractivity contribution in [3.8, 4) is 0 Å². The summed E-state index contributed by atoms with van der Waals surface area (Å²) in [6, 6.07) is 9.34. The first kappa shape index (κ1) is 14.7. The standard InChI is InChI=1S/C15H11ClN2O3S/c1-10-2-4-12(5-3-10)22(20,21)18-11(9-19)8-13-14(16)6-7-17-15(13)18/h2-9H,1H3. The second kappa shape index (κ2) is 5.23. The third kappa shape index (κ3) is 2.20. The molecule has 0 bridgehead atoms. The number of nitrogens with zero attached hydrogens (tertiary/aromatic N) is 2. The van der Waals surface area contributed by atoms with Crippen LogP contribution in [0.2, 0.25) is 5.02 Å². The summed E-state index contributed by atoms with van der Waals surface area (Å²) in [6.07, 6.45) is 1.88. The molecular formula is C15H11ClN2O3S. The molecule has 0 N–H and O–H groups in total. The van der Waals surface area contributed by atoms with Crippen LogP contribution in [-0.2, 0) is 10.0 Å². The molecule has 3 aromatic rings. The van der Waals surface area contributed by atoms with Crippen molar-refractivity contribution < 1.29 is 13.2 Å². The van der Waals surface area contributed by atoms with Crippen molar-refractivity contribution in [3.05, 3.63) is 58.9 Å². The van der Waals surface area contributed by atoms with Gasteiger partial charge in [0, 0.05) is 11.6 Å². The number of halogens is 1. The number of carbonyl (C=O) groups is 1. The van der Waals surface area contributed by atoms with Gasteiger partial charge in [-0.05, 0) is 31.2 Å². The maximum absolute atomic E-state index is 12.8.